The number of aromatic nitrogens is 2. The Labute approximate surface area is 143 Å². The fourth-order valence-corrected chi connectivity index (χ4v) is 2.33. The van der Waals surface area contributed by atoms with Crippen LogP contribution in [0.15, 0.2) is 36.7 Å². The largest absolute Gasteiger partial charge is 0.459 e. The Balaban J connectivity index is 2.45. The first-order valence-electron chi connectivity index (χ1n) is 7.28. The molecular formula is C16H13F7N2O. The van der Waals surface area contributed by atoms with E-state index in [1.165, 1.54) is 12.3 Å². The third-order valence-corrected chi connectivity index (χ3v) is 3.95. The van der Waals surface area contributed by atoms with Gasteiger partial charge in [0, 0.05) is 12.4 Å². The highest BCUT2D eigenvalue weighted by atomic mass is 19.4. The molecule has 0 saturated heterocycles. The first-order chi connectivity index (χ1) is 11.8. The molecule has 1 atom stereocenters. The third-order valence-electron chi connectivity index (χ3n) is 3.95. The van der Waals surface area contributed by atoms with Crippen LogP contribution in [0.3, 0.4) is 0 Å². The number of hydrogen-bond acceptors (Lipinski definition) is 2. The molecule has 0 saturated carbocycles. The van der Waals surface area contributed by atoms with Crippen LogP contribution in [0.2, 0.25) is 0 Å². The van der Waals surface area contributed by atoms with E-state index in [1.54, 1.807) is 25.1 Å². The van der Waals surface area contributed by atoms with Crippen LogP contribution in [0.25, 0.3) is 5.69 Å². The van der Waals surface area contributed by atoms with Gasteiger partial charge in [-0.1, -0.05) is 18.2 Å². The molecule has 0 N–H and O–H groups in total. The van der Waals surface area contributed by atoms with Crippen LogP contribution in [0.1, 0.15) is 23.1 Å². The highest BCUT2D eigenvalue weighted by molar-refractivity contribution is 5.96. The summed E-state index contributed by atoms with van der Waals surface area (Å²) in [5, 5.41) is 0. The van der Waals surface area contributed by atoms with E-state index in [9.17, 15) is 35.5 Å². The summed E-state index contributed by atoms with van der Waals surface area (Å²) in [5.74, 6) is -17.3. The van der Waals surface area contributed by atoms with Crippen LogP contribution >= 0.6 is 0 Å². The number of carbonyl (C=O) groups excluding carboxylic acids is 1. The van der Waals surface area contributed by atoms with Gasteiger partial charge in [0.2, 0.25) is 5.78 Å². The number of Topliss-reactive ketones (excluding diaryl/α,β-unsaturated/α-hetero) is 1. The SMILES string of the molecule is Cc1ccccc1-n1ccnc1C(=O)[C@@H](C)C(F)(F)C(F)(F)C(F)(F)F. The maximum atomic E-state index is 13.8. The van der Waals surface area contributed by atoms with Gasteiger partial charge in [0.25, 0.3) is 0 Å². The molecule has 1 aromatic heterocycles. The fraction of sp³-hybridized carbons (Fsp3) is 0.375. The lowest BCUT2D eigenvalue weighted by Crippen LogP contribution is -2.56. The summed E-state index contributed by atoms with van der Waals surface area (Å²) in [6, 6.07) is 6.39. The number of nitrogens with zero attached hydrogens (tertiary/aromatic N) is 2. The topological polar surface area (TPSA) is 34.9 Å². The molecule has 142 valence electrons. The second-order valence-electron chi connectivity index (χ2n) is 5.69. The minimum Gasteiger partial charge on any atom is -0.297 e. The number of hydrogen-bond donors (Lipinski definition) is 0. The summed E-state index contributed by atoms with van der Waals surface area (Å²) in [5.41, 5.74) is 0.964. The summed E-state index contributed by atoms with van der Waals surface area (Å²) in [4.78, 5) is 15.8. The van der Waals surface area contributed by atoms with Crippen molar-refractivity contribution in [1.29, 1.82) is 0 Å². The number of imidazole rings is 1. The average molecular weight is 382 g/mol. The van der Waals surface area contributed by atoms with Crippen molar-refractivity contribution in [2.45, 2.75) is 31.9 Å². The molecule has 0 aliphatic carbocycles. The number of halogens is 7. The molecule has 1 heterocycles. The van der Waals surface area contributed by atoms with Crippen LogP contribution < -0.4 is 0 Å². The van der Waals surface area contributed by atoms with Gasteiger partial charge in [-0.2, -0.15) is 30.7 Å². The van der Waals surface area contributed by atoms with E-state index >= 15 is 0 Å². The van der Waals surface area contributed by atoms with Crippen molar-refractivity contribution in [2.75, 3.05) is 0 Å². The zero-order chi connectivity index (χ0) is 19.9. The molecule has 0 amide bonds. The van der Waals surface area contributed by atoms with Gasteiger partial charge in [-0.25, -0.2) is 4.98 Å². The highest BCUT2D eigenvalue weighted by Gasteiger charge is 2.75. The van der Waals surface area contributed by atoms with Crippen molar-refractivity contribution in [3.63, 3.8) is 0 Å². The summed E-state index contributed by atoms with van der Waals surface area (Å²) in [6.07, 6.45) is -4.22. The number of para-hydroxylation sites is 1. The third kappa shape index (κ3) is 3.08. The van der Waals surface area contributed by atoms with Crippen molar-refractivity contribution in [1.82, 2.24) is 9.55 Å². The van der Waals surface area contributed by atoms with Gasteiger partial charge in [-0.3, -0.25) is 9.36 Å². The number of benzene rings is 1. The van der Waals surface area contributed by atoms with Gasteiger partial charge >= 0.3 is 18.0 Å². The quantitative estimate of drug-likeness (QED) is 0.548. The van der Waals surface area contributed by atoms with Crippen molar-refractivity contribution >= 4 is 5.78 Å². The van der Waals surface area contributed by atoms with Gasteiger partial charge in [-0.15, -0.1) is 0 Å². The summed E-state index contributed by atoms with van der Waals surface area (Å²) in [6.45, 7) is 1.96. The van der Waals surface area contributed by atoms with Crippen LogP contribution in [0.4, 0.5) is 30.7 Å². The lowest BCUT2D eigenvalue weighted by molar-refractivity contribution is -0.360. The molecule has 0 aliphatic rings. The van der Waals surface area contributed by atoms with Crippen LogP contribution in [-0.4, -0.2) is 33.4 Å². The Kier molecular flexibility index (Phi) is 4.91. The number of carbonyl (C=O) groups is 1. The van der Waals surface area contributed by atoms with Gasteiger partial charge in [-0.05, 0) is 25.5 Å². The molecule has 2 rings (SSSR count). The molecule has 0 fully saturated rings. The molecule has 0 spiro atoms. The lowest BCUT2D eigenvalue weighted by Gasteiger charge is -2.31. The monoisotopic (exact) mass is 382 g/mol. The Bertz CT molecular complexity index is 811. The van der Waals surface area contributed by atoms with E-state index in [4.69, 9.17) is 0 Å². The van der Waals surface area contributed by atoms with Gasteiger partial charge in [0.1, 0.15) is 0 Å². The van der Waals surface area contributed by atoms with E-state index in [2.05, 4.69) is 4.98 Å². The molecule has 26 heavy (non-hydrogen) atoms. The molecule has 0 radical (unpaired) electrons. The molecule has 3 nitrogen and oxygen atoms in total. The highest BCUT2D eigenvalue weighted by Crippen LogP contribution is 2.50. The standard InChI is InChI=1S/C16H13F7N2O/c1-9-5-3-4-6-11(9)25-8-7-24-13(25)12(26)10(2)14(17,18)15(19,20)16(21,22)23/h3-8,10H,1-2H3/t10-/m1/s1. The second kappa shape index (κ2) is 6.40. The molecule has 0 aliphatic heterocycles. The van der Waals surface area contributed by atoms with Crippen molar-refractivity contribution in [3.05, 3.63) is 48.0 Å². The van der Waals surface area contributed by atoms with Crippen molar-refractivity contribution in [3.8, 4) is 5.69 Å². The van der Waals surface area contributed by atoms with Crippen LogP contribution in [0.5, 0.6) is 0 Å². The predicted octanol–water partition coefficient (Wildman–Crippen LogP) is 4.83. The summed E-state index contributed by atoms with van der Waals surface area (Å²) in [7, 11) is 0. The molecule has 0 bridgehead atoms. The van der Waals surface area contributed by atoms with E-state index in [0.717, 1.165) is 10.8 Å². The van der Waals surface area contributed by atoms with E-state index in [0.29, 0.717) is 18.2 Å². The minimum absolute atomic E-state index is 0.318. The smallest absolute Gasteiger partial charge is 0.297 e. The van der Waals surface area contributed by atoms with Crippen LogP contribution in [-0.2, 0) is 0 Å². The first-order valence-corrected chi connectivity index (χ1v) is 7.28. The van der Waals surface area contributed by atoms with E-state index < -0.39 is 35.5 Å². The minimum atomic E-state index is -6.50. The molecule has 1 aromatic carbocycles. The molecular weight excluding hydrogens is 369 g/mol. The lowest BCUT2D eigenvalue weighted by atomic mass is 9.92. The fourth-order valence-electron chi connectivity index (χ4n) is 2.33. The average Bonchev–Trinajstić information content (AvgIpc) is 3.01. The predicted molar refractivity (Wildman–Crippen MR) is 77.7 cm³/mol. The van der Waals surface area contributed by atoms with Crippen molar-refractivity contribution in [2.24, 2.45) is 5.92 Å². The second-order valence-corrected chi connectivity index (χ2v) is 5.69. The van der Waals surface area contributed by atoms with E-state index in [-0.39, 0.29) is 0 Å². The Hall–Kier alpha value is -2.39. The van der Waals surface area contributed by atoms with Gasteiger partial charge in [0.05, 0.1) is 11.6 Å². The van der Waals surface area contributed by atoms with E-state index in [1.807, 2.05) is 0 Å². The van der Waals surface area contributed by atoms with Crippen LogP contribution in [0, 0.1) is 12.8 Å². The molecule has 10 heteroatoms. The number of aryl methyl sites for hydroxylation is 1. The maximum absolute atomic E-state index is 13.8. The van der Waals surface area contributed by atoms with Crippen molar-refractivity contribution < 1.29 is 35.5 Å². The molecule has 0 unspecified atom stereocenters. The molecule has 2 aromatic rings. The summed E-state index contributed by atoms with van der Waals surface area (Å²) >= 11 is 0. The Morgan fingerprint density at radius 3 is 2.19 bits per heavy atom. The Morgan fingerprint density at radius 2 is 1.65 bits per heavy atom. The number of ketones is 1. The number of rotatable bonds is 5. The van der Waals surface area contributed by atoms with Gasteiger partial charge < -0.3 is 0 Å². The zero-order valence-corrected chi connectivity index (χ0v) is 13.5. The Morgan fingerprint density at radius 1 is 1.08 bits per heavy atom. The normalized spacial score (nSPS) is 14.3. The number of alkyl halides is 7. The van der Waals surface area contributed by atoms with Gasteiger partial charge in [0.15, 0.2) is 5.82 Å². The first kappa shape index (κ1) is 19.9. The summed E-state index contributed by atoms with van der Waals surface area (Å²) < 4.78 is 92.1. The zero-order valence-electron chi connectivity index (χ0n) is 13.5. The maximum Gasteiger partial charge on any atom is 0.459 e.